The molecule has 0 aliphatic carbocycles. The van der Waals surface area contributed by atoms with Gasteiger partial charge in [0, 0.05) is 15.7 Å². The molecule has 1 atom stereocenters. The van der Waals surface area contributed by atoms with Gasteiger partial charge in [0.05, 0.1) is 39.1 Å². The predicted molar refractivity (Wildman–Crippen MR) is 170 cm³/mol. The van der Waals surface area contributed by atoms with Crippen LogP contribution < -0.4 is 29.7 Å². The number of methoxy groups -OCH3 is 1. The van der Waals surface area contributed by atoms with Crippen molar-refractivity contribution in [2.45, 2.75) is 19.9 Å². The lowest BCUT2D eigenvalue weighted by Gasteiger charge is -2.25. The lowest BCUT2D eigenvalue weighted by molar-refractivity contribution is -0.113. The van der Waals surface area contributed by atoms with E-state index >= 15 is 0 Å². The largest absolute Gasteiger partial charge is 0.495 e. The average Bonchev–Trinajstić information content (AvgIpc) is 3.23. The van der Waals surface area contributed by atoms with Crippen molar-refractivity contribution >= 4 is 67.5 Å². The van der Waals surface area contributed by atoms with Gasteiger partial charge in [0.25, 0.3) is 11.5 Å². The molecule has 0 saturated heterocycles. The Bertz CT molecular complexity index is 1800. The highest BCUT2D eigenvalue weighted by molar-refractivity contribution is 14.1. The van der Waals surface area contributed by atoms with E-state index < -0.39 is 6.04 Å². The van der Waals surface area contributed by atoms with Crippen LogP contribution in [0.3, 0.4) is 0 Å². The van der Waals surface area contributed by atoms with Crippen LogP contribution in [-0.4, -0.2) is 24.2 Å². The summed E-state index contributed by atoms with van der Waals surface area (Å²) in [5.74, 6) is 1.08. The summed E-state index contributed by atoms with van der Waals surface area (Å²) in [4.78, 5) is 33.0. The van der Waals surface area contributed by atoms with Crippen LogP contribution >= 0.6 is 49.9 Å². The summed E-state index contributed by atoms with van der Waals surface area (Å²) < 4.78 is 15.1. The fourth-order valence-corrected chi connectivity index (χ4v) is 7.41. The summed E-state index contributed by atoms with van der Waals surface area (Å²) in [6.07, 6.45) is 1.81. The Morgan fingerprint density at radius 3 is 2.58 bits per heavy atom. The third-order valence-corrected chi connectivity index (χ3v) is 8.57. The first-order valence-electron chi connectivity index (χ1n) is 12.5. The van der Waals surface area contributed by atoms with E-state index in [0.29, 0.717) is 44.4 Å². The van der Waals surface area contributed by atoms with Crippen LogP contribution in [-0.2, 0) is 4.79 Å². The smallest absolute Gasteiger partial charge is 0.271 e. The molecular formula is C30H25BrIN3O4S. The number of nitrogens with one attached hydrogen (secondary N) is 1. The van der Waals surface area contributed by atoms with Crippen molar-refractivity contribution in [3.8, 4) is 11.5 Å². The zero-order valence-electron chi connectivity index (χ0n) is 21.9. The van der Waals surface area contributed by atoms with Crippen LogP contribution in [0.5, 0.6) is 11.5 Å². The molecule has 4 aromatic rings. The van der Waals surface area contributed by atoms with Gasteiger partial charge in [-0.2, -0.15) is 0 Å². The maximum Gasteiger partial charge on any atom is 0.271 e. The van der Waals surface area contributed by atoms with Crippen LogP contribution in [0.4, 0.5) is 5.69 Å². The number of carbonyl (C=O) groups is 1. The number of hydrogen-bond acceptors (Lipinski definition) is 6. The molecule has 7 nitrogen and oxygen atoms in total. The minimum absolute atomic E-state index is 0.239. The number of allylic oxidation sites excluding steroid dienone is 1. The topological polar surface area (TPSA) is 81.9 Å². The fraction of sp³-hybridized carbons (Fsp3) is 0.167. The number of carbonyl (C=O) groups excluding carboxylic acids is 1. The molecule has 0 fully saturated rings. The van der Waals surface area contributed by atoms with E-state index in [-0.39, 0.29) is 11.5 Å². The number of benzene rings is 3. The maximum absolute atomic E-state index is 14.0. The Morgan fingerprint density at radius 2 is 1.90 bits per heavy atom. The Hall–Kier alpha value is -3.22. The van der Waals surface area contributed by atoms with Crippen molar-refractivity contribution in [3.63, 3.8) is 0 Å². The Balaban J connectivity index is 1.69. The highest BCUT2D eigenvalue weighted by atomic mass is 127. The minimum atomic E-state index is -0.678. The number of nitrogens with zero attached hydrogens (tertiary/aromatic N) is 2. The van der Waals surface area contributed by atoms with Gasteiger partial charge in [-0.1, -0.05) is 57.6 Å². The van der Waals surface area contributed by atoms with Gasteiger partial charge >= 0.3 is 0 Å². The van der Waals surface area contributed by atoms with Crippen LogP contribution in [0.25, 0.3) is 6.08 Å². The number of thiazole rings is 1. The van der Waals surface area contributed by atoms with Crippen LogP contribution in [0, 0.1) is 3.57 Å². The van der Waals surface area contributed by atoms with Crippen molar-refractivity contribution in [2.75, 3.05) is 19.0 Å². The molecule has 1 aliphatic rings. The molecule has 5 rings (SSSR count). The van der Waals surface area contributed by atoms with Crippen LogP contribution in [0.2, 0.25) is 0 Å². The standard InChI is InChI=1S/C30H25BrIN3O4S/c1-4-39-22-12-10-18(11-13-22)26-25(28(36)34-21-8-6-5-7-9-21)17(2)33-30-35(26)29(37)24(40-30)15-19-14-20(31)16-23(32)27(19)38-3/h5-16,26H,4H2,1-3H3,(H,34,36)/b24-15-/t26-/m1/s1. The molecule has 1 N–H and O–H groups in total. The highest BCUT2D eigenvalue weighted by Crippen LogP contribution is 2.33. The van der Waals surface area contributed by atoms with Gasteiger partial charge in [0.15, 0.2) is 4.80 Å². The fourth-order valence-electron chi connectivity index (χ4n) is 4.60. The summed E-state index contributed by atoms with van der Waals surface area (Å²) in [5.41, 5.74) is 2.92. The summed E-state index contributed by atoms with van der Waals surface area (Å²) >= 11 is 7.03. The van der Waals surface area contributed by atoms with Crippen molar-refractivity contribution in [2.24, 2.45) is 4.99 Å². The molecular weight excluding hydrogens is 705 g/mol. The number of ether oxygens (including phenoxy) is 2. The Morgan fingerprint density at radius 1 is 1.18 bits per heavy atom. The zero-order chi connectivity index (χ0) is 28.4. The van der Waals surface area contributed by atoms with E-state index in [1.807, 2.05) is 79.7 Å². The SMILES string of the molecule is CCOc1ccc([C@@H]2C(C(=O)Nc3ccccc3)=C(C)N=c3s/c(=C\c4cc(Br)cc(I)c4OC)c(=O)n32)cc1. The number of fused-ring (bicyclic) bond motifs is 1. The second-order valence-electron chi connectivity index (χ2n) is 8.91. The van der Waals surface area contributed by atoms with Gasteiger partial charge in [-0.25, -0.2) is 4.99 Å². The van der Waals surface area contributed by atoms with E-state index in [1.54, 1.807) is 18.6 Å². The van der Waals surface area contributed by atoms with E-state index in [2.05, 4.69) is 43.8 Å². The van der Waals surface area contributed by atoms with Gasteiger partial charge in [-0.05, 0) is 84.5 Å². The molecule has 204 valence electrons. The molecule has 1 aromatic heterocycles. The van der Waals surface area contributed by atoms with Crippen molar-refractivity contribution in [1.82, 2.24) is 4.57 Å². The highest BCUT2D eigenvalue weighted by Gasteiger charge is 2.32. The first-order chi connectivity index (χ1) is 19.3. The van der Waals surface area contributed by atoms with Crippen molar-refractivity contribution in [3.05, 3.63) is 117 Å². The maximum atomic E-state index is 14.0. The lowest BCUT2D eigenvalue weighted by atomic mass is 9.95. The van der Waals surface area contributed by atoms with Gasteiger partial charge in [-0.3, -0.25) is 14.2 Å². The van der Waals surface area contributed by atoms with Crippen LogP contribution in [0.15, 0.2) is 92.3 Å². The predicted octanol–water partition coefficient (Wildman–Crippen LogP) is 5.65. The third-order valence-electron chi connectivity index (χ3n) is 6.33. The second-order valence-corrected chi connectivity index (χ2v) is 12.0. The molecule has 0 radical (unpaired) electrons. The van der Waals surface area contributed by atoms with Gasteiger partial charge in [0.1, 0.15) is 11.5 Å². The first-order valence-corrected chi connectivity index (χ1v) is 15.1. The summed E-state index contributed by atoms with van der Waals surface area (Å²) in [5, 5.41) is 2.97. The molecule has 0 saturated carbocycles. The molecule has 1 amide bonds. The average molecular weight is 730 g/mol. The van der Waals surface area contributed by atoms with E-state index in [9.17, 15) is 9.59 Å². The number of para-hydroxylation sites is 1. The third kappa shape index (κ3) is 5.65. The number of hydrogen-bond donors (Lipinski definition) is 1. The molecule has 0 unspecified atom stereocenters. The molecule has 2 heterocycles. The number of halogens is 2. The molecule has 3 aromatic carbocycles. The molecule has 40 heavy (non-hydrogen) atoms. The molecule has 1 aliphatic heterocycles. The number of amides is 1. The van der Waals surface area contributed by atoms with Gasteiger partial charge in [-0.15, -0.1) is 0 Å². The van der Waals surface area contributed by atoms with Gasteiger partial charge < -0.3 is 14.8 Å². The molecule has 0 spiro atoms. The summed E-state index contributed by atoms with van der Waals surface area (Å²) in [6, 6.07) is 19.9. The Labute approximate surface area is 257 Å². The number of rotatable bonds is 7. The molecule has 0 bridgehead atoms. The zero-order valence-corrected chi connectivity index (χ0v) is 26.5. The van der Waals surface area contributed by atoms with Crippen molar-refractivity contribution < 1.29 is 14.3 Å². The monoisotopic (exact) mass is 729 g/mol. The van der Waals surface area contributed by atoms with Gasteiger partial charge in [0.2, 0.25) is 0 Å². The van der Waals surface area contributed by atoms with E-state index in [4.69, 9.17) is 14.5 Å². The summed E-state index contributed by atoms with van der Waals surface area (Å²) in [6.45, 7) is 4.26. The first kappa shape index (κ1) is 28.3. The lowest BCUT2D eigenvalue weighted by Crippen LogP contribution is -2.40. The normalized spacial score (nSPS) is 14.9. The minimum Gasteiger partial charge on any atom is -0.495 e. The molecule has 10 heteroatoms. The van der Waals surface area contributed by atoms with E-state index in [1.165, 1.54) is 11.3 Å². The summed E-state index contributed by atoms with van der Waals surface area (Å²) in [7, 11) is 1.61. The van der Waals surface area contributed by atoms with Crippen molar-refractivity contribution in [1.29, 1.82) is 0 Å². The van der Waals surface area contributed by atoms with E-state index in [0.717, 1.165) is 19.2 Å². The quantitative estimate of drug-likeness (QED) is 0.250. The Kier molecular flexibility index (Phi) is 8.57. The number of aromatic nitrogens is 1. The van der Waals surface area contributed by atoms with Crippen LogP contribution in [0.1, 0.15) is 31.0 Å². The number of anilines is 1. The second kappa shape index (κ2) is 12.1.